The molecule has 0 aliphatic carbocycles. The molecule has 0 aliphatic rings. The van der Waals surface area contributed by atoms with E-state index in [-0.39, 0.29) is 42.8 Å². The van der Waals surface area contributed by atoms with Crippen molar-refractivity contribution in [3.05, 3.63) is 12.7 Å². The number of hydrogen-bond acceptors (Lipinski definition) is 4. The Kier molecular flexibility index (Phi) is 19.3. The van der Waals surface area contributed by atoms with Gasteiger partial charge in [-0.05, 0) is 6.42 Å². The molecule has 0 aromatic carbocycles. The average Bonchev–Trinajstić information content (AvgIpc) is 2.42. The van der Waals surface area contributed by atoms with Gasteiger partial charge in [0.25, 0.3) is 0 Å². The Hall–Kier alpha value is 0.610. The maximum absolute atomic E-state index is 11.2. The van der Waals surface area contributed by atoms with Gasteiger partial charge in [0, 0.05) is 0 Å². The fraction of sp³-hybridized carbons (Fsp3) is 0.867. The first-order valence-corrected chi connectivity index (χ1v) is 9.10. The normalized spacial score (nSPS) is 11.1. The first-order valence-electron chi connectivity index (χ1n) is 7.77. The molecule has 0 N–H and O–H groups in total. The molecular weight excluding hydrogens is 299 g/mol. The molecule has 0 amide bonds. The molecule has 0 saturated heterocycles. The summed E-state index contributed by atoms with van der Waals surface area (Å²) in [6.45, 7) is 5.77. The molecule has 6 heteroatoms. The summed E-state index contributed by atoms with van der Waals surface area (Å²) in [6.07, 6.45) is 13.4. The van der Waals surface area contributed by atoms with Gasteiger partial charge in [0.15, 0.2) is 0 Å². The molecule has 0 bridgehead atoms. The summed E-state index contributed by atoms with van der Waals surface area (Å²) in [7, 11) is -3.83. The van der Waals surface area contributed by atoms with Crippen LogP contribution in [-0.4, -0.2) is 51.2 Å². The topological polar surface area (TPSA) is 52.6 Å². The van der Waals surface area contributed by atoms with Crippen LogP contribution < -0.4 is 0 Å². The molecular formula is C15H31NaO4S. The van der Waals surface area contributed by atoms with Gasteiger partial charge in [-0.3, -0.25) is 0 Å². The van der Waals surface area contributed by atoms with Crippen molar-refractivity contribution in [1.82, 2.24) is 0 Å². The summed E-state index contributed by atoms with van der Waals surface area (Å²) in [5, 5.41) is 0. The predicted molar refractivity (Wildman–Crippen MR) is 90.0 cm³/mol. The molecule has 21 heavy (non-hydrogen) atoms. The van der Waals surface area contributed by atoms with E-state index in [4.69, 9.17) is 4.18 Å². The van der Waals surface area contributed by atoms with Crippen molar-refractivity contribution >= 4 is 40.0 Å². The summed E-state index contributed by atoms with van der Waals surface area (Å²) in [4.78, 5) is 0. The van der Waals surface area contributed by atoms with Crippen molar-refractivity contribution in [3.63, 3.8) is 0 Å². The molecule has 0 radical (unpaired) electrons. The second-order valence-corrected chi connectivity index (χ2v) is 6.27. The maximum atomic E-state index is 11.2. The van der Waals surface area contributed by atoms with Gasteiger partial charge in [0.05, 0.1) is 13.2 Å². The SMILES string of the molecule is C=CCOS(=O)(=O)OCCCCCCCCCCCC.[NaH]. The van der Waals surface area contributed by atoms with E-state index in [1.165, 1.54) is 51.0 Å². The van der Waals surface area contributed by atoms with E-state index in [0.717, 1.165) is 19.3 Å². The second-order valence-electron chi connectivity index (χ2n) is 4.99. The van der Waals surface area contributed by atoms with E-state index >= 15 is 0 Å². The Morgan fingerprint density at radius 2 is 1.33 bits per heavy atom. The Bertz CT molecular complexity index is 318. The summed E-state index contributed by atoms with van der Waals surface area (Å²) < 4.78 is 31.5. The molecule has 0 aromatic rings. The zero-order valence-electron chi connectivity index (χ0n) is 12.8. The molecule has 0 spiro atoms. The van der Waals surface area contributed by atoms with Crippen molar-refractivity contribution in [1.29, 1.82) is 0 Å². The van der Waals surface area contributed by atoms with Crippen LogP contribution >= 0.6 is 0 Å². The van der Waals surface area contributed by atoms with Crippen molar-refractivity contribution in [2.45, 2.75) is 71.1 Å². The standard InChI is InChI=1S/C15H30O4S.Na.H/c1-3-5-6-7-8-9-10-11-12-13-15-19-20(16,17)18-14-4-2;;/h4H,2-3,5-15H2,1H3;;. The van der Waals surface area contributed by atoms with Crippen LogP contribution in [0.4, 0.5) is 0 Å². The Morgan fingerprint density at radius 1 is 0.857 bits per heavy atom. The molecule has 0 heterocycles. The number of rotatable bonds is 15. The minimum absolute atomic E-state index is 0. The van der Waals surface area contributed by atoms with Crippen LogP contribution in [0.3, 0.4) is 0 Å². The van der Waals surface area contributed by atoms with E-state index in [1.54, 1.807) is 0 Å². The molecule has 0 saturated carbocycles. The van der Waals surface area contributed by atoms with Crippen LogP contribution in [0.2, 0.25) is 0 Å². The summed E-state index contributed by atoms with van der Waals surface area (Å²) in [6, 6.07) is 0. The zero-order valence-corrected chi connectivity index (χ0v) is 13.6. The third kappa shape index (κ3) is 18.6. The molecule has 0 atom stereocenters. The molecule has 0 fully saturated rings. The fourth-order valence-corrected chi connectivity index (χ4v) is 2.57. The fourth-order valence-electron chi connectivity index (χ4n) is 1.92. The van der Waals surface area contributed by atoms with Gasteiger partial charge in [-0.25, -0.2) is 8.37 Å². The summed E-state index contributed by atoms with van der Waals surface area (Å²) in [5.74, 6) is 0. The van der Waals surface area contributed by atoms with Crippen LogP contribution in [0.1, 0.15) is 71.1 Å². The van der Waals surface area contributed by atoms with Crippen molar-refractivity contribution in [2.24, 2.45) is 0 Å². The van der Waals surface area contributed by atoms with Gasteiger partial charge in [-0.2, -0.15) is 8.42 Å². The van der Waals surface area contributed by atoms with Crippen molar-refractivity contribution in [2.75, 3.05) is 13.2 Å². The monoisotopic (exact) mass is 330 g/mol. The number of hydrogen-bond donors (Lipinski definition) is 0. The van der Waals surface area contributed by atoms with Crippen molar-refractivity contribution in [3.8, 4) is 0 Å². The Morgan fingerprint density at radius 3 is 1.81 bits per heavy atom. The predicted octanol–water partition coefficient (Wildman–Crippen LogP) is 3.72. The van der Waals surface area contributed by atoms with Crippen LogP contribution in [0.5, 0.6) is 0 Å². The van der Waals surface area contributed by atoms with E-state index in [2.05, 4.69) is 17.7 Å². The third-order valence-corrected chi connectivity index (χ3v) is 3.94. The Labute approximate surface area is 153 Å². The first-order chi connectivity index (χ1) is 9.62. The van der Waals surface area contributed by atoms with Crippen LogP contribution in [0.25, 0.3) is 0 Å². The third-order valence-electron chi connectivity index (χ3n) is 3.06. The molecule has 4 nitrogen and oxygen atoms in total. The van der Waals surface area contributed by atoms with Crippen LogP contribution in [-0.2, 0) is 18.8 Å². The van der Waals surface area contributed by atoms with Gasteiger partial charge in [0.2, 0.25) is 0 Å². The molecule has 0 unspecified atom stereocenters. The number of unbranched alkanes of at least 4 members (excludes halogenated alkanes) is 9. The minimum atomic E-state index is -3.83. The average molecular weight is 330 g/mol. The van der Waals surface area contributed by atoms with Crippen LogP contribution in [0.15, 0.2) is 12.7 Å². The van der Waals surface area contributed by atoms with Gasteiger partial charge < -0.3 is 0 Å². The zero-order chi connectivity index (χ0) is 15.1. The van der Waals surface area contributed by atoms with Gasteiger partial charge in [0.1, 0.15) is 0 Å². The van der Waals surface area contributed by atoms with Crippen molar-refractivity contribution < 1.29 is 16.8 Å². The summed E-state index contributed by atoms with van der Waals surface area (Å²) >= 11 is 0. The first kappa shape index (κ1) is 23.9. The molecule has 122 valence electrons. The molecule has 0 aromatic heterocycles. The second kappa shape index (κ2) is 17.0. The summed E-state index contributed by atoms with van der Waals surface area (Å²) in [5.41, 5.74) is 0. The van der Waals surface area contributed by atoms with E-state index in [9.17, 15) is 8.42 Å². The quantitative estimate of drug-likeness (QED) is 0.261. The van der Waals surface area contributed by atoms with Gasteiger partial charge in [-0.15, -0.1) is 6.58 Å². The van der Waals surface area contributed by atoms with E-state index in [1.807, 2.05) is 0 Å². The molecule has 0 aliphatic heterocycles. The van der Waals surface area contributed by atoms with E-state index < -0.39 is 10.4 Å². The molecule has 0 rings (SSSR count). The van der Waals surface area contributed by atoms with Gasteiger partial charge >= 0.3 is 40.0 Å². The van der Waals surface area contributed by atoms with E-state index in [0.29, 0.717) is 0 Å². The van der Waals surface area contributed by atoms with Gasteiger partial charge in [-0.1, -0.05) is 70.8 Å². The Balaban J connectivity index is 0. The van der Waals surface area contributed by atoms with Crippen LogP contribution in [0, 0.1) is 0 Å².